The maximum Gasteiger partial charge on any atom is 0.255 e. The summed E-state index contributed by atoms with van der Waals surface area (Å²) < 4.78 is 0. The van der Waals surface area contributed by atoms with Crippen molar-refractivity contribution in [3.63, 3.8) is 0 Å². The third kappa shape index (κ3) is 3.17. The Hall–Kier alpha value is -2.11. The predicted molar refractivity (Wildman–Crippen MR) is 61.2 cm³/mol. The van der Waals surface area contributed by atoms with E-state index in [1.807, 2.05) is 0 Å². The minimum Gasteiger partial charge on any atom is -0.505 e. The Kier molecular flexibility index (Phi) is 4.03. The summed E-state index contributed by atoms with van der Waals surface area (Å²) in [5.41, 5.74) is 5.24. The Morgan fingerprint density at radius 1 is 1.47 bits per heavy atom. The number of hydrogen-bond donors (Lipinski definition) is 3. The van der Waals surface area contributed by atoms with E-state index in [-0.39, 0.29) is 17.2 Å². The molecule has 0 aliphatic carbocycles. The highest BCUT2D eigenvalue weighted by Crippen LogP contribution is 2.14. The van der Waals surface area contributed by atoms with Crippen molar-refractivity contribution in [1.82, 2.24) is 10.3 Å². The topological polar surface area (TPSA) is 105 Å². The Balaban J connectivity index is 2.85. The number of aromatic nitrogens is 1. The molecule has 1 aromatic rings. The van der Waals surface area contributed by atoms with Gasteiger partial charge in [0.25, 0.3) is 5.91 Å². The van der Waals surface area contributed by atoms with Crippen LogP contribution in [0.2, 0.25) is 0 Å². The summed E-state index contributed by atoms with van der Waals surface area (Å²) in [7, 11) is 0. The van der Waals surface area contributed by atoms with Crippen LogP contribution >= 0.6 is 0 Å². The summed E-state index contributed by atoms with van der Waals surface area (Å²) in [4.78, 5) is 26.6. The minimum absolute atomic E-state index is 0.0619. The molecule has 1 heterocycles. The highest BCUT2D eigenvalue weighted by Gasteiger charge is 2.23. The summed E-state index contributed by atoms with van der Waals surface area (Å²) in [5, 5.41) is 11.9. The molecular weight excluding hydrogens is 222 g/mol. The fourth-order valence-electron chi connectivity index (χ4n) is 1.36. The van der Waals surface area contributed by atoms with Gasteiger partial charge >= 0.3 is 0 Å². The molecule has 4 N–H and O–H groups in total. The van der Waals surface area contributed by atoms with Crippen LogP contribution in [0.5, 0.6) is 5.75 Å². The van der Waals surface area contributed by atoms with Gasteiger partial charge < -0.3 is 16.2 Å². The number of primary amides is 1. The zero-order chi connectivity index (χ0) is 13.0. The van der Waals surface area contributed by atoms with Gasteiger partial charge in [0.1, 0.15) is 11.8 Å². The Morgan fingerprint density at radius 3 is 2.59 bits per heavy atom. The predicted octanol–water partition coefficient (Wildman–Crippen LogP) is 0.0269. The first-order valence-electron chi connectivity index (χ1n) is 5.16. The maximum absolute atomic E-state index is 11.8. The summed E-state index contributed by atoms with van der Waals surface area (Å²) in [6.07, 6.45) is 2.53. The molecular formula is C11H15N3O3. The number of hydrogen-bond acceptors (Lipinski definition) is 4. The van der Waals surface area contributed by atoms with Gasteiger partial charge in [-0.3, -0.25) is 14.6 Å². The van der Waals surface area contributed by atoms with Crippen LogP contribution in [0.3, 0.4) is 0 Å². The molecule has 0 saturated heterocycles. The van der Waals surface area contributed by atoms with Gasteiger partial charge in [-0.25, -0.2) is 0 Å². The second-order valence-corrected chi connectivity index (χ2v) is 3.99. The Bertz CT molecular complexity index is 432. The first-order chi connectivity index (χ1) is 7.93. The zero-order valence-corrected chi connectivity index (χ0v) is 9.68. The Morgan fingerprint density at radius 2 is 2.12 bits per heavy atom. The Labute approximate surface area is 98.8 Å². The summed E-state index contributed by atoms with van der Waals surface area (Å²) in [6, 6.07) is 0.596. The molecule has 0 fully saturated rings. The molecule has 0 aliphatic rings. The molecule has 17 heavy (non-hydrogen) atoms. The molecule has 0 saturated carbocycles. The van der Waals surface area contributed by atoms with E-state index in [1.54, 1.807) is 13.8 Å². The average molecular weight is 237 g/mol. The van der Waals surface area contributed by atoms with Crippen molar-refractivity contribution in [2.45, 2.75) is 19.9 Å². The van der Waals surface area contributed by atoms with Crippen molar-refractivity contribution in [3.05, 3.63) is 24.0 Å². The molecule has 0 aliphatic heterocycles. The summed E-state index contributed by atoms with van der Waals surface area (Å²) in [6.45, 7) is 3.53. The molecule has 92 valence electrons. The van der Waals surface area contributed by atoms with Gasteiger partial charge in [0.05, 0.1) is 11.8 Å². The molecule has 0 bridgehead atoms. The van der Waals surface area contributed by atoms with Crippen LogP contribution in [0, 0.1) is 5.92 Å². The third-order valence-electron chi connectivity index (χ3n) is 2.30. The first kappa shape index (κ1) is 13.0. The van der Waals surface area contributed by atoms with Crippen LogP contribution in [0.4, 0.5) is 0 Å². The van der Waals surface area contributed by atoms with E-state index >= 15 is 0 Å². The van der Waals surface area contributed by atoms with E-state index in [4.69, 9.17) is 5.73 Å². The number of rotatable bonds is 4. The van der Waals surface area contributed by atoms with Gasteiger partial charge in [0, 0.05) is 6.20 Å². The number of nitrogens with two attached hydrogens (primary N) is 1. The van der Waals surface area contributed by atoms with Crippen LogP contribution < -0.4 is 11.1 Å². The molecule has 1 atom stereocenters. The van der Waals surface area contributed by atoms with E-state index < -0.39 is 17.9 Å². The molecule has 1 unspecified atom stereocenters. The number of carbonyl (C=O) groups excluding carboxylic acids is 2. The van der Waals surface area contributed by atoms with Gasteiger partial charge in [-0.1, -0.05) is 13.8 Å². The molecule has 6 heteroatoms. The lowest BCUT2D eigenvalue weighted by atomic mass is 10.0. The number of carbonyl (C=O) groups is 2. The largest absolute Gasteiger partial charge is 0.505 e. The van der Waals surface area contributed by atoms with Crippen molar-refractivity contribution in [3.8, 4) is 5.75 Å². The van der Waals surface area contributed by atoms with Crippen molar-refractivity contribution >= 4 is 11.8 Å². The van der Waals surface area contributed by atoms with Gasteiger partial charge in [-0.2, -0.15) is 0 Å². The van der Waals surface area contributed by atoms with Crippen molar-refractivity contribution < 1.29 is 14.7 Å². The highest BCUT2D eigenvalue weighted by molar-refractivity contribution is 5.99. The van der Waals surface area contributed by atoms with Crippen LogP contribution in [0.1, 0.15) is 24.2 Å². The number of pyridine rings is 1. The quantitative estimate of drug-likeness (QED) is 0.686. The van der Waals surface area contributed by atoms with E-state index in [9.17, 15) is 14.7 Å². The van der Waals surface area contributed by atoms with E-state index in [0.717, 1.165) is 6.20 Å². The molecule has 0 aromatic carbocycles. The molecule has 0 spiro atoms. The maximum atomic E-state index is 11.8. The van der Waals surface area contributed by atoms with Crippen molar-refractivity contribution in [2.24, 2.45) is 11.7 Å². The molecule has 6 nitrogen and oxygen atoms in total. The summed E-state index contributed by atoms with van der Waals surface area (Å²) >= 11 is 0. The lowest BCUT2D eigenvalue weighted by Crippen LogP contribution is -2.47. The molecule has 0 radical (unpaired) electrons. The fraction of sp³-hybridized carbons (Fsp3) is 0.364. The first-order valence-corrected chi connectivity index (χ1v) is 5.16. The van der Waals surface area contributed by atoms with Gasteiger partial charge in [0.2, 0.25) is 5.91 Å². The normalized spacial score (nSPS) is 12.2. The van der Waals surface area contributed by atoms with E-state index in [0.29, 0.717) is 0 Å². The van der Waals surface area contributed by atoms with E-state index in [1.165, 1.54) is 12.3 Å². The number of amides is 2. The van der Waals surface area contributed by atoms with E-state index in [2.05, 4.69) is 10.3 Å². The second-order valence-electron chi connectivity index (χ2n) is 3.99. The van der Waals surface area contributed by atoms with Gasteiger partial charge in [-0.15, -0.1) is 0 Å². The molecule has 1 aromatic heterocycles. The lowest BCUT2D eigenvalue weighted by Gasteiger charge is -2.19. The van der Waals surface area contributed by atoms with Crippen LogP contribution in [0.25, 0.3) is 0 Å². The lowest BCUT2D eigenvalue weighted by molar-refractivity contribution is -0.120. The average Bonchev–Trinajstić information content (AvgIpc) is 2.25. The number of nitrogens with zero attached hydrogens (tertiary/aromatic N) is 1. The highest BCUT2D eigenvalue weighted by atomic mass is 16.3. The second kappa shape index (κ2) is 5.29. The smallest absolute Gasteiger partial charge is 0.255 e. The number of nitrogens with one attached hydrogen (secondary N) is 1. The zero-order valence-electron chi connectivity index (χ0n) is 9.68. The van der Waals surface area contributed by atoms with Crippen molar-refractivity contribution in [1.29, 1.82) is 0 Å². The SMILES string of the molecule is CC(C)C(NC(=O)c1ccncc1O)C(N)=O. The van der Waals surface area contributed by atoms with Crippen LogP contribution in [-0.2, 0) is 4.79 Å². The van der Waals surface area contributed by atoms with Gasteiger partial charge in [-0.05, 0) is 12.0 Å². The monoisotopic (exact) mass is 237 g/mol. The fourth-order valence-corrected chi connectivity index (χ4v) is 1.36. The van der Waals surface area contributed by atoms with Crippen LogP contribution in [-0.4, -0.2) is 27.9 Å². The summed E-state index contributed by atoms with van der Waals surface area (Å²) in [5.74, 6) is -1.53. The molecule has 2 amide bonds. The third-order valence-corrected chi connectivity index (χ3v) is 2.30. The van der Waals surface area contributed by atoms with Crippen molar-refractivity contribution in [2.75, 3.05) is 0 Å². The number of aromatic hydroxyl groups is 1. The van der Waals surface area contributed by atoms with Crippen LogP contribution in [0.15, 0.2) is 18.5 Å². The van der Waals surface area contributed by atoms with Gasteiger partial charge in [0.15, 0.2) is 0 Å². The molecule has 1 rings (SSSR count). The minimum atomic E-state index is -0.768. The standard InChI is InChI=1S/C11H15N3O3/c1-6(2)9(10(12)16)14-11(17)7-3-4-13-5-8(7)15/h3-6,9,15H,1-2H3,(H2,12,16)(H,14,17).